The number of nitrogens with one attached hydrogen (secondary N) is 1. The van der Waals surface area contributed by atoms with Crippen molar-refractivity contribution < 1.29 is 9.53 Å². The van der Waals surface area contributed by atoms with Crippen molar-refractivity contribution in [2.75, 3.05) is 43.5 Å². The molecule has 138 valence electrons. The van der Waals surface area contributed by atoms with Crippen LogP contribution in [0.5, 0.6) is 5.75 Å². The smallest absolute Gasteiger partial charge is 0.322 e. The minimum atomic E-state index is -0.134. The van der Waals surface area contributed by atoms with Gasteiger partial charge in [-0.25, -0.2) is 4.79 Å². The van der Waals surface area contributed by atoms with Crippen LogP contribution in [0.4, 0.5) is 16.2 Å². The molecule has 1 aliphatic rings. The minimum Gasteiger partial charge on any atom is -0.495 e. The number of carbonyl (C=O) groups is 1. The van der Waals surface area contributed by atoms with Gasteiger partial charge in [0.1, 0.15) is 5.75 Å². The summed E-state index contributed by atoms with van der Waals surface area (Å²) in [6.07, 6.45) is 0. The number of ether oxygens (including phenoxy) is 1. The Bertz CT molecular complexity index is 802. The van der Waals surface area contributed by atoms with Crippen molar-refractivity contribution in [3.8, 4) is 5.75 Å². The van der Waals surface area contributed by atoms with Crippen molar-refractivity contribution in [1.29, 1.82) is 0 Å². The number of carbonyl (C=O) groups excluding carboxylic acids is 1. The van der Waals surface area contributed by atoms with Crippen LogP contribution in [-0.2, 0) is 0 Å². The number of methoxy groups -OCH3 is 1. The molecule has 1 fully saturated rings. The van der Waals surface area contributed by atoms with Gasteiger partial charge in [-0.2, -0.15) is 0 Å². The maximum atomic E-state index is 12.6. The zero-order chi connectivity index (χ0) is 18.7. The van der Waals surface area contributed by atoms with Crippen LogP contribution < -0.4 is 15.0 Å². The van der Waals surface area contributed by atoms with Crippen LogP contribution in [0.3, 0.4) is 0 Å². The van der Waals surface area contributed by atoms with Gasteiger partial charge in [-0.05, 0) is 55.3 Å². The molecule has 0 unspecified atom stereocenters. The molecular weight excluding hydrogens is 350 g/mol. The second kappa shape index (κ2) is 7.87. The summed E-state index contributed by atoms with van der Waals surface area (Å²) in [5.41, 5.74) is 4.38. The molecule has 0 aliphatic carbocycles. The fourth-order valence-corrected chi connectivity index (χ4v) is 3.23. The highest BCUT2D eigenvalue weighted by Crippen LogP contribution is 2.28. The Kier molecular flexibility index (Phi) is 5.57. The summed E-state index contributed by atoms with van der Waals surface area (Å²) in [5, 5.41) is 3.46. The molecular formula is C20H24ClN3O2. The molecule has 2 aromatic rings. The monoisotopic (exact) mass is 373 g/mol. The first-order valence-electron chi connectivity index (χ1n) is 8.69. The van der Waals surface area contributed by atoms with Crippen LogP contribution in [0, 0.1) is 13.8 Å². The number of urea groups is 1. The molecule has 0 radical (unpaired) electrons. The summed E-state index contributed by atoms with van der Waals surface area (Å²) < 4.78 is 5.28. The summed E-state index contributed by atoms with van der Waals surface area (Å²) in [7, 11) is 1.57. The predicted octanol–water partition coefficient (Wildman–Crippen LogP) is 4.32. The molecule has 0 aromatic heterocycles. The van der Waals surface area contributed by atoms with E-state index in [1.54, 1.807) is 25.3 Å². The van der Waals surface area contributed by atoms with E-state index in [0.717, 1.165) is 13.1 Å². The van der Waals surface area contributed by atoms with Gasteiger partial charge in [0.05, 0.1) is 12.8 Å². The zero-order valence-corrected chi connectivity index (χ0v) is 16.1. The predicted molar refractivity (Wildman–Crippen MR) is 107 cm³/mol. The molecule has 26 heavy (non-hydrogen) atoms. The second-order valence-corrected chi connectivity index (χ2v) is 6.95. The Morgan fingerprint density at radius 2 is 1.77 bits per heavy atom. The van der Waals surface area contributed by atoms with E-state index < -0.39 is 0 Å². The Morgan fingerprint density at radius 3 is 2.42 bits per heavy atom. The van der Waals surface area contributed by atoms with Crippen molar-refractivity contribution in [1.82, 2.24) is 4.90 Å². The number of halogens is 1. The van der Waals surface area contributed by atoms with Gasteiger partial charge in [0.2, 0.25) is 0 Å². The number of piperazine rings is 1. The second-order valence-electron chi connectivity index (χ2n) is 6.52. The third-order valence-electron chi connectivity index (χ3n) is 4.83. The van der Waals surface area contributed by atoms with Crippen LogP contribution in [0.2, 0.25) is 5.02 Å². The summed E-state index contributed by atoms with van der Waals surface area (Å²) in [6, 6.07) is 11.6. The van der Waals surface area contributed by atoms with Gasteiger partial charge in [-0.3, -0.25) is 0 Å². The molecule has 1 saturated heterocycles. The minimum absolute atomic E-state index is 0.134. The molecule has 2 aromatic carbocycles. The topological polar surface area (TPSA) is 44.8 Å². The summed E-state index contributed by atoms with van der Waals surface area (Å²) in [5.74, 6) is 0.594. The van der Waals surface area contributed by atoms with Gasteiger partial charge in [-0.15, -0.1) is 0 Å². The number of nitrogens with zero attached hydrogens (tertiary/aromatic N) is 2. The normalized spacial score (nSPS) is 14.3. The highest BCUT2D eigenvalue weighted by Gasteiger charge is 2.22. The highest BCUT2D eigenvalue weighted by atomic mass is 35.5. The quantitative estimate of drug-likeness (QED) is 0.871. The molecule has 3 rings (SSSR count). The average molecular weight is 374 g/mol. The Morgan fingerprint density at radius 1 is 1.04 bits per heavy atom. The fraction of sp³-hybridized carbons (Fsp3) is 0.350. The SMILES string of the molecule is COc1ccc(Cl)cc1NC(=O)N1CCN(c2ccc(C)c(C)c2)CC1. The number of anilines is 2. The Labute approximate surface area is 159 Å². The number of benzene rings is 2. The van der Waals surface area contributed by atoms with Crippen molar-refractivity contribution in [2.24, 2.45) is 0 Å². The molecule has 2 amide bonds. The van der Waals surface area contributed by atoms with E-state index in [-0.39, 0.29) is 6.03 Å². The first kappa shape index (κ1) is 18.4. The van der Waals surface area contributed by atoms with Crippen LogP contribution >= 0.6 is 11.6 Å². The molecule has 1 aliphatic heterocycles. The Balaban J connectivity index is 1.62. The maximum Gasteiger partial charge on any atom is 0.322 e. The number of aryl methyl sites for hydroxylation is 2. The van der Waals surface area contributed by atoms with Gasteiger partial charge in [-0.1, -0.05) is 17.7 Å². The lowest BCUT2D eigenvalue weighted by molar-refractivity contribution is 0.208. The summed E-state index contributed by atoms with van der Waals surface area (Å²) >= 11 is 6.03. The third kappa shape index (κ3) is 4.05. The number of amides is 2. The largest absolute Gasteiger partial charge is 0.495 e. The molecule has 0 bridgehead atoms. The molecule has 1 heterocycles. The van der Waals surface area contributed by atoms with Gasteiger partial charge in [0.25, 0.3) is 0 Å². The molecule has 0 atom stereocenters. The van der Waals surface area contributed by atoms with Crippen LogP contribution in [0.25, 0.3) is 0 Å². The van der Waals surface area contributed by atoms with E-state index in [1.165, 1.54) is 16.8 Å². The van der Waals surface area contributed by atoms with Gasteiger partial charge in [0.15, 0.2) is 0 Å². The first-order chi connectivity index (χ1) is 12.5. The lowest BCUT2D eigenvalue weighted by Gasteiger charge is -2.36. The molecule has 1 N–H and O–H groups in total. The van der Waals surface area contributed by atoms with E-state index >= 15 is 0 Å². The number of hydrogen-bond donors (Lipinski definition) is 1. The zero-order valence-electron chi connectivity index (χ0n) is 15.4. The number of hydrogen-bond acceptors (Lipinski definition) is 3. The third-order valence-corrected chi connectivity index (χ3v) is 5.06. The summed E-state index contributed by atoms with van der Waals surface area (Å²) in [6.45, 7) is 7.20. The first-order valence-corrected chi connectivity index (χ1v) is 9.07. The van der Waals surface area contributed by atoms with E-state index in [0.29, 0.717) is 29.5 Å². The van der Waals surface area contributed by atoms with Crippen LogP contribution in [0.1, 0.15) is 11.1 Å². The van der Waals surface area contributed by atoms with Crippen molar-refractivity contribution in [3.05, 3.63) is 52.5 Å². The average Bonchev–Trinajstić information content (AvgIpc) is 2.64. The molecule has 6 heteroatoms. The van der Waals surface area contributed by atoms with E-state index in [9.17, 15) is 4.79 Å². The summed E-state index contributed by atoms with van der Waals surface area (Å²) in [4.78, 5) is 16.7. The standard InChI is InChI=1S/C20H24ClN3O2/c1-14-4-6-17(12-15(14)2)23-8-10-24(11-9-23)20(25)22-18-13-16(21)5-7-19(18)26-3/h4-7,12-13H,8-11H2,1-3H3,(H,22,25). The van der Waals surface area contributed by atoms with Crippen molar-refractivity contribution in [3.63, 3.8) is 0 Å². The fourth-order valence-electron chi connectivity index (χ4n) is 3.06. The highest BCUT2D eigenvalue weighted by molar-refractivity contribution is 6.31. The Hall–Kier alpha value is -2.40. The van der Waals surface area contributed by atoms with E-state index in [4.69, 9.17) is 16.3 Å². The van der Waals surface area contributed by atoms with Crippen LogP contribution in [0.15, 0.2) is 36.4 Å². The lowest BCUT2D eigenvalue weighted by Crippen LogP contribution is -2.50. The molecule has 0 saturated carbocycles. The van der Waals surface area contributed by atoms with Crippen molar-refractivity contribution in [2.45, 2.75) is 13.8 Å². The molecule has 0 spiro atoms. The molecule has 5 nitrogen and oxygen atoms in total. The van der Waals surface area contributed by atoms with Crippen LogP contribution in [-0.4, -0.2) is 44.2 Å². The van der Waals surface area contributed by atoms with Crippen molar-refractivity contribution >= 4 is 29.0 Å². The maximum absolute atomic E-state index is 12.6. The van der Waals surface area contributed by atoms with Gasteiger partial charge < -0.3 is 19.9 Å². The van der Waals surface area contributed by atoms with Gasteiger partial charge >= 0.3 is 6.03 Å². The lowest BCUT2D eigenvalue weighted by atomic mass is 10.1. The van der Waals surface area contributed by atoms with E-state index in [2.05, 4.69) is 42.3 Å². The van der Waals surface area contributed by atoms with E-state index in [1.807, 2.05) is 4.90 Å². The van der Waals surface area contributed by atoms with Gasteiger partial charge in [0, 0.05) is 36.9 Å². The number of rotatable bonds is 3.